The zero-order valence-corrected chi connectivity index (χ0v) is 15.9. The normalized spacial score (nSPS) is 13.8. The number of rotatable bonds is 7. The highest BCUT2D eigenvalue weighted by molar-refractivity contribution is 7.99. The maximum atomic E-state index is 12.2. The second-order valence-electron chi connectivity index (χ2n) is 6.34. The maximum absolute atomic E-state index is 12.2. The number of nitrogens with zero attached hydrogens (tertiary/aromatic N) is 4. The van der Waals surface area contributed by atoms with Crippen molar-refractivity contribution in [3.05, 3.63) is 39.2 Å². The van der Waals surface area contributed by atoms with Crippen molar-refractivity contribution < 1.29 is 9.72 Å². The molecule has 2 aromatic rings. The Morgan fingerprint density at radius 2 is 2.19 bits per heavy atom. The van der Waals surface area contributed by atoms with Crippen LogP contribution in [0.5, 0.6) is 0 Å². The molecule has 0 radical (unpaired) electrons. The van der Waals surface area contributed by atoms with Crippen molar-refractivity contribution in [1.82, 2.24) is 14.8 Å². The van der Waals surface area contributed by atoms with Gasteiger partial charge < -0.3 is 9.88 Å². The molecule has 0 aliphatic heterocycles. The number of amides is 1. The summed E-state index contributed by atoms with van der Waals surface area (Å²) in [4.78, 5) is 22.6. The highest BCUT2D eigenvalue weighted by Gasteiger charge is 2.31. The highest BCUT2D eigenvalue weighted by atomic mass is 35.5. The second kappa shape index (κ2) is 7.63. The van der Waals surface area contributed by atoms with Crippen LogP contribution < -0.4 is 5.32 Å². The van der Waals surface area contributed by atoms with Gasteiger partial charge in [0.2, 0.25) is 5.91 Å². The first kappa shape index (κ1) is 18.7. The van der Waals surface area contributed by atoms with Gasteiger partial charge in [-0.05, 0) is 32.8 Å². The summed E-state index contributed by atoms with van der Waals surface area (Å²) in [5, 5.41) is 22.9. The molecular weight excluding hydrogens is 378 g/mol. The smallest absolute Gasteiger partial charge is 0.271 e. The Kier molecular flexibility index (Phi) is 5.47. The van der Waals surface area contributed by atoms with Gasteiger partial charge in [-0.2, -0.15) is 0 Å². The molecule has 1 saturated carbocycles. The summed E-state index contributed by atoms with van der Waals surface area (Å²) in [6, 6.07) is 4.13. The minimum absolute atomic E-state index is 0.106. The number of nitro groups is 1. The molecule has 138 valence electrons. The van der Waals surface area contributed by atoms with Gasteiger partial charge in [-0.1, -0.05) is 23.4 Å². The van der Waals surface area contributed by atoms with E-state index in [4.69, 9.17) is 11.6 Å². The quantitative estimate of drug-likeness (QED) is 0.431. The van der Waals surface area contributed by atoms with Crippen LogP contribution in [-0.4, -0.2) is 31.3 Å². The Morgan fingerprint density at radius 1 is 1.46 bits per heavy atom. The number of thioether (sulfide) groups is 1. The predicted molar refractivity (Wildman–Crippen MR) is 99.8 cm³/mol. The van der Waals surface area contributed by atoms with Crippen molar-refractivity contribution in [2.45, 2.75) is 43.8 Å². The van der Waals surface area contributed by atoms with Gasteiger partial charge in [0.05, 0.1) is 21.4 Å². The number of carbonyl (C=O) groups excluding carboxylic acids is 1. The maximum Gasteiger partial charge on any atom is 0.271 e. The average molecular weight is 396 g/mol. The molecule has 1 aliphatic rings. The lowest BCUT2D eigenvalue weighted by Crippen LogP contribution is -2.15. The molecule has 0 unspecified atom stereocenters. The van der Waals surface area contributed by atoms with Gasteiger partial charge in [-0.25, -0.2) is 0 Å². The fourth-order valence-electron chi connectivity index (χ4n) is 2.53. The van der Waals surface area contributed by atoms with Crippen LogP contribution in [0.15, 0.2) is 23.4 Å². The van der Waals surface area contributed by atoms with Crippen LogP contribution in [0.2, 0.25) is 5.02 Å². The third-order valence-electron chi connectivity index (χ3n) is 3.92. The molecular formula is C16H18ClN5O3S. The van der Waals surface area contributed by atoms with Crippen molar-refractivity contribution in [3.8, 4) is 0 Å². The molecule has 1 aromatic heterocycles. The summed E-state index contributed by atoms with van der Waals surface area (Å²) in [5.74, 6) is 1.24. The van der Waals surface area contributed by atoms with Crippen LogP contribution in [0, 0.1) is 10.1 Å². The van der Waals surface area contributed by atoms with E-state index in [9.17, 15) is 14.9 Å². The molecule has 1 heterocycles. The number of nitro benzene ring substituents is 1. The van der Waals surface area contributed by atoms with Gasteiger partial charge >= 0.3 is 0 Å². The number of nitrogens with one attached hydrogen (secondary N) is 1. The van der Waals surface area contributed by atoms with E-state index in [1.165, 1.54) is 30.0 Å². The molecule has 1 amide bonds. The molecule has 0 atom stereocenters. The second-order valence-corrected chi connectivity index (χ2v) is 7.69. The number of carbonyl (C=O) groups is 1. The summed E-state index contributed by atoms with van der Waals surface area (Å²) in [6.07, 6.45) is 2.25. The Morgan fingerprint density at radius 3 is 2.81 bits per heavy atom. The molecule has 1 fully saturated rings. The highest BCUT2D eigenvalue weighted by Crippen LogP contribution is 2.41. The number of anilines is 1. The van der Waals surface area contributed by atoms with Crippen LogP contribution in [0.25, 0.3) is 0 Å². The van der Waals surface area contributed by atoms with Crippen molar-refractivity contribution in [2.75, 3.05) is 11.1 Å². The fourth-order valence-corrected chi connectivity index (χ4v) is 3.57. The first-order chi connectivity index (χ1) is 12.4. The summed E-state index contributed by atoms with van der Waals surface area (Å²) < 4.78 is 2.07. The Hall–Kier alpha value is -2.13. The van der Waals surface area contributed by atoms with E-state index >= 15 is 0 Å². The Balaban J connectivity index is 1.67. The van der Waals surface area contributed by atoms with Gasteiger partial charge in [0, 0.05) is 24.1 Å². The lowest BCUT2D eigenvalue weighted by atomic mass is 10.3. The zero-order chi connectivity index (χ0) is 18.8. The van der Waals surface area contributed by atoms with Crippen LogP contribution >= 0.6 is 23.4 Å². The first-order valence-corrected chi connectivity index (χ1v) is 9.54. The molecule has 1 aliphatic carbocycles. The minimum atomic E-state index is -0.536. The van der Waals surface area contributed by atoms with Crippen molar-refractivity contribution in [2.24, 2.45) is 0 Å². The molecule has 0 spiro atoms. The van der Waals surface area contributed by atoms with Gasteiger partial charge in [0.1, 0.15) is 5.82 Å². The lowest BCUT2D eigenvalue weighted by Gasteiger charge is -2.13. The van der Waals surface area contributed by atoms with E-state index in [2.05, 4.69) is 33.9 Å². The molecule has 1 N–H and O–H groups in total. The van der Waals surface area contributed by atoms with E-state index in [1.807, 2.05) is 0 Å². The van der Waals surface area contributed by atoms with Gasteiger partial charge in [-0.15, -0.1) is 10.2 Å². The fraction of sp³-hybridized carbons (Fsp3) is 0.438. The predicted octanol–water partition coefficient (Wildman–Crippen LogP) is 4.03. The summed E-state index contributed by atoms with van der Waals surface area (Å²) in [7, 11) is 0. The average Bonchev–Trinajstić information content (AvgIpc) is 3.33. The van der Waals surface area contributed by atoms with Crippen LogP contribution in [-0.2, 0) is 4.79 Å². The van der Waals surface area contributed by atoms with Crippen LogP contribution in [0.4, 0.5) is 11.4 Å². The van der Waals surface area contributed by atoms with E-state index in [0.29, 0.717) is 11.1 Å². The van der Waals surface area contributed by atoms with Crippen molar-refractivity contribution in [1.29, 1.82) is 0 Å². The van der Waals surface area contributed by atoms with Crippen molar-refractivity contribution >= 4 is 40.6 Å². The number of non-ortho nitro benzene ring substituents is 1. The monoisotopic (exact) mass is 395 g/mol. The van der Waals surface area contributed by atoms with Gasteiger partial charge in [0.15, 0.2) is 5.16 Å². The van der Waals surface area contributed by atoms with E-state index in [-0.39, 0.29) is 34.1 Å². The molecule has 0 bridgehead atoms. The first-order valence-electron chi connectivity index (χ1n) is 8.18. The number of benzene rings is 1. The van der Waals surface area contributed by atoms with Gasteiger partial charge in [0.25, 0.3) is 5.69 Å². The summed E-state index contributed by atoms with van der Waals surface area (Å²) in [5.41, 5.74) is 0.0847. The number of hydrogen-bond donors (Lipinski definition) is 1. The van der Waals surface area contributed by atoms with Crippen LogP contribution in [0.3, 0.4) is 0 Å². The molecule has 26 heavy (non-hydrogen) atoms. The Labute approximate surface area is 159 Å². The standard InChI is InChI=1S/C16H18ClN5O3S/c1-9(2)21-15(10-3-4-10)19-20-16(21)26-8-14(23)18-13-7-11(22(24)25)5-6-12(13)17/h5-7,9-10H,3-4,8H2,1-2H3,(H,18,23). The lowest BCUT2D eigenvalue weighted by molar-refractivity contribution is -0.384. The molecule has 1 aromatic carbocycles. The van der Waals surface area contributed by atoms with E-state index in [0.717, 1.165) is 18.7 Å². The minimum Gasteiger partial charge on any atom is -0.324 e. The third-order valence-corrected chi connectivity index (χ3v) is 5.19. The third kappa shape index (κ3) is 4.16. The molecule has 0 saturated heterocycles. The zero-order valence-electron chi connectivity index (χ0n) is 14.3. The molecule has 10 heteroatoms. The topological polar surface area (TPSA) is 103 Å². The summed E-state index contributed by atoms with van der Waals surface area (Å²) in [6.45, 7) is 4.12. The van der Waals surface area contributed by atoms with E-state index < -0.39 is 4.92 Å². The Bertz CT molecular complexity index is 850. The van der Waals surface area contributed by atoms with Crippen LogP contribution in [0.1, 0.15) is 44.5 Å². The largest absolute Gasteiger partial charge is 0.324 e. The van der Waals surface area contributed by atoms with Gasteiger partial charge in [-0.3, -0.25) is 14.9 Å². The number of halogens is 1. The number of hydrogen-bond acceptors (Lipinski definition) is 6. The number of aromatic nitrogens is 3. The molecule has 3 rings (SSSR count). The SMILES string of the molecule is CC(C)n1c(SCC(=O)Nc2cc([N+](=O)[O-])ccc2Cl)nnc1C1CC1. The summed E-state index contributed by atoms with van der Waals surface area (Å²) >= 11 is 7.29. The van der Waals surface area contributed by atoms with Crippen molar-refractivity contribution in [3.63, 3.8) is 0 Å². The molecule has 8 nitrogen and oxygen atoms in total. The van der Waals surface area contributed by atoms with E-state index in [1.54, 1.807) is 0 Å².